The first-order valence-electron chi connectivity index (χ1n) is 3.83. The van der Waals surface area contributed by atoms with Gasteiger partial charge in [0.25, 0.3) is 0 Å². The molecule has 0 heterocycles. The van der Waals surface area contributed by atoms with Gasteiger partial charge >= 0.3 is 0 Å². The van der Waals surface area contributed by atoms with E-state index in [1.807, 2.05) is 29.5 Å². The molecule has 0 N–H and O–H groups in total. The summed E-state index contributed by atoms with van der Waals surface area (Å²) in [6.07, 6.45) is 0.795. The maximum atomic E-state index is 11.1. The Morgan fingerprint density at radius 3 is 2.54 bits per heavy atom. The first-order chi connectivity index (χ1) is 6.07. The van der Waals surface area contributed by atoms with Gasteiger partial charge in [0.05, 0.1) is 0 Å². The molecule has 0 unspecified atom stereocenters. The van der Waals surface area contributed by atoms with Crippen molar-refractivity contribution >= 4 is 34.7 Å². The van der Waals surface area contributed by atoms with E-state index in [1.54, 1.807) is 12.1 Å². The van der Waals surface area contributed by atoms with Gasteiger partial charge < -0.3 is 0 Å². The normalized spacial score (nSPS) is 9.77. The lowest BCUT2D eigenvalue weighted by atomic mass is 10.0. The van der Waals surface area contributed by atoms with Gasteiger partial charge in [0, 0.05) is 14.7 Å². The minimum atomic E-state index is -0.00694. The van der Waals surface area contributed by atoms with Gasteiger partial charge in [0.2, 0.25) is 0 Å². The van der Waals surface area contributed by atoms with Crippen LogP contribution in [0.5, 0.6) is 0 Å². The van der Waals surface area contributed by atoms with Crippen LogP contribution in [0.2, 0.25) is 0 Å². The average Bonchev–Trinajstić information content (AvgIpc) is 2.04. The van der Waals surface area contributed by atoms with Gasteiger partial charge in [-0.25, -0.2) is 0 Å². The van der Waals surface area contributed by atoms with Gasteiger partial charge in [0.1, 0.15) is 0 Å². The summed E-state index contributed by atoms with van der Waals surface area (Å²) >= 11 is 2.03. The van der Waals surface area contributed by atoms with Crippen LogP contribution in [0, 0.1) is 10.5 Å². The lowest BCUT2D eigenvalue weighted by Gasteiger charge is -2.05. The van der Waals surface area contributed by atoms with Crippen LogP contribution >= 0.6 is 22.6 Å². The van der Waals surface area contributed by atoms with Crippen molar-refractivity contribution in [3.05, 3.63) is 32.4 Å². The molecule has 1 aromatic carbocycles. The zero-order chi connectivity index (χ0) is 10.0. The minimum absolute atomic E-state index is 0.00694. The Labute approximate surface area is 90.5 Å². The standard InChI is InChI=1S/C10H9IO2/c1-6-3-4-8(7(2)13)10(11)9(6)5-12/h3-5H,1-2H3. The number of hydrogen-bond donors (Lipinski definition) is 0. The Morgan fingerprint density at radius 1 is 1.46 bits per heavy atom. The fraction of sp³-hybridized carbons (Fsp3) is 0.200. The van der Waals surface area contributed by atoms with Crippen molar-refractivity contribution in [2.24, 2.45) is 0 Å². The summed E-state index contributed by atoms with van der Waals surface area (Å²) in [7, 11) is 0. The molecule has 0 aliphatic rings. The molecule has 0 fully saturated rings. The second kappa shape index (κ2) is 4.00. The fourth-order valence-corrected chi connectivity index (χ4v) is 2.22. The number of Topliss-reactive ketones (excluding diaryl/α,β-unsaturated/α-hetero) is 1. The lowest BCUT2D eigenvalue weighted by Crippen LogP contribution is -2.01. The number of benzene rings is 1. The van der Waals surface area contributed by atoms with Crippen LogP contribution < -0.4 is 0 Å². The molecule has 0 saturated carbocycles. The number of halogens is 1. The fourth-order valence-electron chi connectivity index (χ4n) is 1.11. The smallest absolute Gasteiger partial charge is 0.160 e. The van der Waals surface area contributed by atoms with Crippen LogP contribution in [0.1, 0.15) is 33.2 Å². The first kappa shape index (κ1) is 10.4. The van der Waals surface area contributed by atoms with Crippen LogP contribution in [0.25, 0.3) is 0 Å². The molecule has 1 aromatic rings. The van der Waals surface area contributed by atoms with Gasteiger partial charge in [-0.1, -0.05) is 12.1 Å². The van der Waals surface area contributed by atoms with Crippen LogP contribution in [-0.4, -0.2) is 12.1 Å². The molecule has 0 amide bonds. The summed E-state index contributed by atoms with van der Waals surface area (Å²) < 4.78 is 0.750. The molecule has 0 aliphatic heterocycles. The first-order valence-corrected chi connectivity index (χ1v) is 4.91. The van der Waals surface area contributed by atoms with E-state index in [4.69, 9.17) is 0 Å². The molecule has 0 spiro atoms. The Balaban J connectivity index is 3.44. The Hall–Kier alpha value is -0.710. The second-order valence-corrected chi connectivity index (χ2v) is 3.91. The molecule has 3 heteroatoms. The quantitative estimate of drug-likeness (QED) is 0.476. The van der Waals surface area contributed by atoms with Gasteiger partial charge in [0.15, 0.2) is 12.1 Å². The predicted molar refractivity (Wildman–Crippen MR) is 59.3 cm³/mol. The van der Waals surface area contributed by atoms with Crippen LogP contribution in [0.15, 0.2) is 12.1 Å². The van der Waals surface area contributed by atoms with Gasteiger partial charge in [-0.05, 0) is 42.0 Å². The summed E-state index contributed by atoms with van der Waals surface area (Å²) in [5.41, 5.74) is 2.14. The van der Waals surface area contributed by atoms with E-state index < -0.39 is 0 Å². The molecule has 0 aromatic heterocycles. The van der Waals surface area contributed by atoms with E-state index in [0.29, 0.717) is 11.1 Å². The third kappa shape index (κ3) is 1.96. The van der Waals surface area contributed by atoms with Gasteiger partial charge in [-0.15, -0.1) is 0 Å². The second-order valence-electron chi connectivity index (χ2n) is 2.83. The number of aryl methyl sites for hydroxylation is 1. The molecule has 0 aliphatic carbocycles. The summed E-state index contributed by atoms with van der Waals surface area (Å²) in [5, 5.41) is 0. The number of rotatable bonds is 2. The summed E-state index contributed by atoms with van der Waals surface area (Å²) in [4.78, 5) is 21.8. The minimum Gasteiger partial charge on any atom is -0.298 e. The van der Waals surface area contributed by atoms with Crippen molar-refractivity contribution in [3.8, 4) is 0 Å². The van der Waals surface area contributed by atoms with E-state index in [-0.39, 0.29) is 5.78 Å². The third-order valence-corrected chi connectivity index (χ3v) is 3.06. The van der Waals surface area contributed by atoms with Crippen molar-refractivity contribution in [3.63, 3.8) is 0 Å². The lowest BCUT2D eigenvalue weighted by molar-refractivity contribution is 0.101. The van der Waals surface area contributed by atoms with Crippen molar-refractivity contribution in [1.29, 1.82) is 0 Å². The van der Waals surface area contributed by atoms with Crippen LogP contribution in [-0.2, 0) is 0 Å². The molecule has 0 radical (unpaired) electrons. The highest BCUT2D eigenvalue weighted by molar-refractivity contribution is 14.1. The predicted octanol–water partition coefficient (Wildman–Crippen LogP) is 2.61. The number of carbonyl (C=O) groups excluding carboxylic acids is 2. The van der Waals surface area contributed by atoms with Crippen LogP contribution in [0.4, 0.5) is 0 Å². The number of aldehydes is 1. The molecule has 2 nitrogen and oxygen atoms in total. The monoisotopic (exact) mass is 288 g/mol. The van der Waals surface area contributed by atoms with Gasteiger partial charge in [-0.3, -0.25) is 9.59 Å². The van der Waals surface area contributed by atoms with Gasteiger partial charge in [-0.2, -0.15) is 0 Å². The van der Waals surface area contributed by atoms with E-state index in [9.17, 15) is 9.59 Å². The van der Waals surface area contributed by atoms with Crippen LogP contribution in [0.3, 0.4) is 0 Å². The summed E-state index contributed by atoms with van der Waals surface area (Å²) in [6, 6.07) is 3.55. The van der Waals surface area contributed by atoms with E-state index >= 15 is 0 Å². The highest BCUT2D eigenvalue weighted by Crippen LogP contribution is 2.19. The van der Waals surface area contributed by atoms with Crippen molar-refractivity contribution in [1.82, 2.24) is 0 Å². The average molecular weight is 288 g/mol. The Bertz CT molecular complexity index is 369. The maximum absolute atomic E-state index is 11.1. The van der Waals surface area contributed by atoms with Crippen molar-refractivity contribution in [2.75, 3.05) is 0 Å². The molecule has 1 rings (SSSR count). The van der Waals surface area contributed by atoms with Crippen molar-refractivity contribution < 1.29 is 9.59 Å². The third-order valence-electron chi connectivity index (χ3n) is 1.89. The largest absolute Gasteiger partial charge is 0.298 e. The zero-order valence-corrected chi connectivity index (χ0v) is 9.58. The molecule has 0 atom stereocenters. The molecule has 0 saturated heterocycles. The van der Waals surface area contributed by atoms with Crippen molar-refractivity contribution in [2.45, 2.75) is 13.8 Å². The molecule has 68 valence electrons. The molecule has 13 heavy (non-hydrogen) atoms. The Morgan fingerprint density at radius 2 is 2.08 bits per heavy atom. The highest BCUT2D eigenvalue weighted by atomic mass is 127. The van der Waals surface area contributed by atoms with E-state index in [0.717, 1.165) is 15.4 Å². The number of carbonyl (C=O) groups is 2. The molecular weight excluding hydrogens is 279 g/mol. The summed E-state index contributed by atoms with van der Waals surface area (Å²) in [5.74, 6) is -0.00694. The molecule has 0 bridgehead atoms. The topological polar surface area (TPSA) is 34.1 Å². The van der Waals surface area contributed by atoms with E-state index in [2.05, 4.69) is 0 Å². The SMILES string of the molecule is CC(=O)c1ccc(C)c(C=O)c1I. The maximum Gasteiger partial charge on any atom is 0.160 e. The number of hydrogen-bond acceptors (Lipinski definition) is 2. The summed E-state index contributed by atoms with van der Waals surface area (Å²) in [6.45, 7) is 3.36. The highest BCUT2D eigenvalue weighted by Gasteiger charge is 2.10. The molecular formula is C10H9IO2. The Kier molecular flexibility index (Phi) is 3.19. The van der Waals surface area contributed by atoms with E-state index in [1.165, 1.54) is 6.92 Å². The number of ketones is 1. The zero-order valence-electron chi connectivity index (χ0n) is 7.43.